The van der Waals surface area contributed by atoms with E-state index in [-0.39, 0.29) is 29.9 Å². The second-order valence-electron chi connectivity index (χ2n) is 3.98. The Morgan fingerprint density at radius 1 is 1.33 bits per heavy atom. The molecule has 1 aromatic carbocycles. The van der Waals surface area contributed by atoms with Crippen molar-refractivity contribution in [2.24, 2.45) is 4.99 Å². The number of carbonyl (C=O) groups excluding carboxylic acids is 3. The topological polar surface area (TPSA) is 125 Å². The Labute approximate surface area is 119 Å². The maximum atomic E-state index is 12.0. The Morgan fingerprint density at radius 2 is 2.05 bits per heavy atom. The van der Waals surface area contributed by atoms with Crippen LogP contribution in [0, 0.1) is 0 Å². The fraction of sp³-hybridized carbons (Fsp3) is 0.231. The number of amides is 2. The van der Waals surface area contributed by atoms with Crippen molar-refractivity contribution in [2.75, 3.05) is 11.9 Å². The van der Waals surface area contributed by atoms with Crippen molar-refractivity contribution < 1.29 is 24.3 Å². The summed E-state index contributed by atoms with van der Waals surface area (Å²) in [5, 5.41) is 13.3. The molecule has 0 aliphatic rings. The number of hydrogen-bond donors (Lipinski definition) is 3. The first-order chi connectivity index (χ1) is 9.95. The monoisotopic (exact) mass is 291 g/mol. The lowest BCUT2D eigenvalue weighted by Gasteiger charge is -2.11. The zero-order chi connectivity index (χ0) is 15.8. The third kappa shape index (κ3) is 4.88. The van der Waals surface area contributed by atoms with Crippen molar-refractivity contribution in [3.63, 3.8) is 0 Å². The van der Waals surface area contributed by atoms with E-state index in [2.05, 4.69) is 15.6 Å². The number of benzene rings is 1. The number of aliphatic carboxylic acids is 1. The SMILES string of the molecule is CC(=O)Nc1c(N=C=O)cccc1C(=O)NCCC(=O)O. The molecule has 8 nitrogen and oxygen atoms in total. The van der Waals surface area contributed by atoms with Gasteiger partial charge in [-0.05, 0) is 12.1 Å². The van der Waals surface area contributed by atoms with Crippen LogP contribution in [0.3, 0.4) is 0 Å². The zero-order valence-corrected chi connectivity index (χ0v) is 11.2. The summed E-state index contributed by atoms with van der Waals surface area (Å²) in [6.45, 7) is 1.18. The van der Waals surface area contributed by atoms with E-state index in [4.69, 9.17) is 5.11 Å². The lowest BCUT2D eigenvalue weighted by molar-refractivity contribution is -0.136. The van der Waals surface area contributed by atoms with Crippen LogP contribution in [0.25, 0.3) is 0 Å². The molecular weight excluding hydrogens is 278 g/mol. The molecule has 0 unspecified atom stereocenters. The van der Waals surface area contributed by atoms with Crippen molar-refractivity contribution in [3.8, 4) is 0 Å². The zero-order valence-electron chi connectivity index (χ0n) is 11.2. The number of nitrogens with zero attached hydrogens (tertiary/aromatic N) is 1. The average Bonchev–Trinajstić information content (AvgIpc) is 2.39. The Bertz CT molecular complexity index is 620. The highest BCUT2D eigenvalue weighted by atomic mass is 16.4. The lowest BCUT2D eigenvalue weighted by Crippen LogP contribution is -2.27. The number of carboxylic acids is 1. The van der Waals surface area contributed by atoms with E-state index >= 15 is 0 Å². The predicted octanol–water partition coefficient (Wildman–Crippen LogP) is 0.817. The van der Waals surface area contributed by atoms with Crippen LogP contribution in [-0.4, -0.2) is 35.5 Å². The first-order valence-electron chi connectivity index (χ1n) is 5.94. The van der Waals surface area contributed by atoms with Crippen molar-refractivity contribution in [2.45, 2.75) is 13.3 Å². The van der Waals surface area contributed by atoms with Crippen molar-refractivity contribution in [3.05, 3.63) is 23.8 Å². The van der Waals surface area contributed by atoms with Crippen LogP contribution in [0.5, 0.6) is 0 Å². The van der Waals surface area contributed by atoms with E-state index in [1.807, 2.05) is 0 Å². The smallest absolute Gasteiger partial charge is 0.305 e. The van der Waals surface area contributed by atoms with Crippen LogP contribution >= 0.6 is 0 Å². The van der Waals surface area contributed by atoms with Gasteiger partial charge in [-0.2, -0.15) is 4.99 Å². The number of anilines is 1. The van der Waals surface area contributed by atoms with Crippen LogP contribution in [-0.2, 0) is 14.4 Å². The molecule has 0 aromatic heterocycles. The molecule has 110 valence electrons. The van der Waals surface area contributed by atoms with E-state index < -0.39 is 17.8 Å². The molecule has 0 saturated heterocycles. The van der Waals surface area contributed by atoms with Gasteiger partial charge in [-0.1, -0.05) is 6.07 Å². The molecule has 21 heavy (non-hydrogen) atoms. The first-order valence-corrected chi connectivity index (χ1v) is 5.94. The highest BCUT2D eigenvalue weighted by Crippen LogP contribution is 2.28. The summed E-state index contributed by atoms with van der Waals surface area (Å²) < 4.78 is 0. The van der Waals surface area contributed by atoms with Gasteiger partial charge in [0.25, 0.3) is 5.91 Å². The summed E-state index contributed by atoms with van der Waals surface area (Å²) in [6.07, 6.45) is 1.11. The second-order valence-corrected chi connectivity index (χ2v) is 3.98. The van der Waals surface area contributed by atoms with Crippen LogP contribution in [0.4, 0.5) is 11.4 Å². The van der Waals surface area contributed by atoms with Gasteiger partial charge in [-0.3, -0.25) is 14.4 Å². The van der Waals surface area contributed by atoms with E-state index in [0.29, 0.717) is 0 Å². The van der Waals surface area contributed by atoms with Crippen molar-refractivity contribution >= 4 is 35.2 Å². The third-order valence-corrected chi connectivity index (χ3v) is 2.38. The summed E-state index contributed by atoms with van der Waals surface area (Å²) in [6, 6.07) is 4.34. The van der Waals surface area contributed by atoms with Crippen LogP contribution in [0.15, 0.2) is 23.2 Å². The molecule has 1 aromatic rings. The maximum Gasteiger partial charge on any atom is 0.305 e. The molecule has 0 spiro atoms. The second kappa shape index (κ2) is 7.56. The molecule has 0 heterocycles. The fourth-order valence-electron chi connectivity index (χ4n) is 1.56. The van der Waals surface area contributed by atoms with Gasteiger partial charge in [0.05, 0.1) is 17.7 Å². The molecule has 0 bridgehead atoms. The molecule has 0 aliphatic carbocycles. The van der Waals surface area contributed by atoms with Gasteiger partial charge in [0, 0.05) is 13.5 Å². The highest BCUT2D eigenvalue weighted by Gasteiger charge is 2.16. The highest BCUT2D eigenvalue weighted by molar-refractivity contribution is 6.06. The molecule has 0 fully saturated rings. The fourth-order valence-corrected chi connectivity index (χ4v) is 1.56. The van der Waals surface area contributed by atoms with E-state index in [9.17, 15) is 19.2 Å². The summed E-state index contributed by atoms with van der Waals surface area (Å²) in [4.78, 5) is 47.4. The van der Waals surface area contributed by atoms with E-state index in [1.165, 1.54) is 31.2 Å². The Kier molecular flexibility index (Phi) is 5.79. The molecule has 2 amide bonds. The Morgan fingerprint density at radius 3 is 2.62 bits per heavy atom. The van der Waals surface area contributed by atoms with Gasteiger partial charge in [0.2, 0.25) is 12.0 Å². The summed E-state index contributed by atoms with van der Waals surface area (Å²) in [7, 11) is 0. The molecule has 3 N–H and O–H groups in total. The van der Waals surface area contributed by atoms with Crippen LogP contribution in [0.2, 0.25) is 0 Å². The molecule has 1 rings (SSSR count). The molecule has 0 atom stereocenters. The predicted molar refractivity (Wildman–Crippen MR) is 73.1 cm³/mol. The van der Waals surface area contributed by atoms with Gasteiger partial charge in [0.1, 0.15) is 5.69 Å². The van der Waals surface area contributed by atoms with Crippen LogP contribution < -0.4 is 10.6 Å². The minimum atomic E-state index is -1.04. The Hall–Kier alpha value is -2.99. The van der Waals surface area contributed by atoms with Gasteiger partial charge >= 0.3 is 5.97 Å². The van der Waals surface area contributed by atoms with Crippen molar-refractivity contribution in [1.29, 1.82) is 0 Å². The summed E-state index contributed by atoms with van der Waals surface area (Å²) in [5.74, 6) is -2.07. The number of hydrogen-bond acceptors (Lipinski definition) is 5. The number of carboxylic acid groups (broad SMARTS) is 1. The van der Waals surface area contributed by atoms with E-state index in [1.54, 1.807) is 0 Å². The normalized spacial score (nSPS) is 9.38. The number of aliphatic imine (C=N–C) groups is 1. The summed E-state index contributed by atoms with van der Waals surface area (Å²) in [5.41, 5.74) is 0.236. The molecular formula is C13H13N3O5. The van der Waals surface area contributed by atoms with Crippen molar-refractivity contribution in [1.82, 2.24) is 5.32 Å². The number of para-hydroxylation sites is 1. The Balaban J connectivity index is 3.06. The average molecular weight is 291 g/mol. The first kappa shape index (κ1) is 16.1. The number of nitrogens with one attached hydrogen (secondary N) is 2. The van der Waals surface area contributed by atoms with Crippen LogP contribution in [0.1, 0.15) is 23.7 Å². The minimum absolute atomic E-state index is 0.0607. The standard InChI is InChI=1S/C13H13N3O5/c1-8(18)16-12-9(3-2-4-10(12)15-7-17)13(21)14-6-5-11(19)20/h2-4H,5-6H2,1H3,(H,14,21)(H,16,18)(H,19,20). The van der Waals surface area contributed by atoms with Gasteiger partial charge in [-0.15, -0.1) is 0 Å². The van der Waals surface area contributed by atoms with Gasteiger partial charge < -0.3 is 15.7 Å². The molecule has 0 aliphatic heterocycles. The largest absolute Gasteiger partial charge is 0.481 e. The molecule has 0 saturated carbocycles. The molecule has 0 radical (unpaired) electrons. The number of isocyanates is 1. The number of rotatable bonds is 6. The molecule has 8 heteroatoms. The van der Waals surface area contributed by atoms with Gasteiger partial charge in [0.15, 0.2) is 0 Å². The number of carbonyl (C=O) groups is 3. The minimum Gasteiger partial charge on any atom is -0.481 e. The maximum absolute atomic E-state index is 12.0. The quantitative estimate of drug-likeness (QED) is 0.528. The third-order valence-electron chi connectivity index (χ3n) is 2.38. The van der Waals surface area contributed by atoms with Gasteiger partial charge in [-0.25, -0.2) is 4.79 Å². The lowest BCUT2D eigenvalue weighted by atomic mass is 10.1. The van der Waals surface area contributed by atoms with E-state index in [0.717, 1.165) is 0 Å². The summed E-state index contributed by atoms with van der Waals surface area (Å²) >= 11 is 0.